The summed E-state index contributed by atoms with van der Waals surface area (Å²) in [5, 5.41) is 0. The number of likely N-dealkylation sites (tertiary alicyclic amines) is 1. The van der Waals surface area contributed by atoms with E-state index >= 15 is 0 Å². The fourth-order valence-electron chi connectivity index (χ4n) is 2.67. The standard InChI is InChI=1S/C12H20N2O2/c1-2-10(12(13)16)14-7-9(6-11(14)15)5-8-3-4-8/h8-10H,2-7H2,1H3,(H2,13,16)/t9?,10-/m1/s1. The molecule has 2 atom stereocenters. The summed E-state index contributed by atoms with van der Waals surface area (Å²) in [6, 6.07) is -0.392. The summed E-state index contributed by atoms with van der Waals surface area (Å²) < 4.78 is 0. The van der Waals surface area contributed by atoms with Crippen molar-refractivity contribution in [1.82, 2.24) is 4.90 Å². The van der Waals surface area contributed by atoms with E-state index in [1.165, 1.54) is 12.8 Å². The fraction of sp³-hybridized carbons (Fsp3) is 0.833. The molecular weight excluding hydrogens is 204 g/mol. The summed E-state index contributed by atoms with van der Waals surface area (Å²) in [5.41, 5.74) is 5.32. The third kappa shape index (κ3) is 2.36. The number of hydrogen-bond donors (Lipinski definition) is 1. The molecule has 2 fully saturated rings. The quantitative estimate of drug-likeness (QED) is 0.754. The topological polar surface area (TPSA) is 63.4 Å². The van der Waals surface area contributed by atoms with Crippen LogP contribution in [-0.4, -0.2) is 29.3 Å². The molecule has 0 aromatic rings. The Balaban J connectivity index is 1.94. The number of amides is 2. The molecule has 2 amide bonds. The molecule has 2 N–H and O–H groups in total. The van der Waals surface area contributed by atoms with Crippen LogP contribution in [0, 0.1) is 11.8 Å². The molecule has 0 bridgehead atoms. The lowest BCUT2D eigenvalue weighted by atomic mass is 10.0. The van der Waals surface area contributed by atoms with E-state index in [0.717, 1.165) is 18.9 Å². The second-order valence-corrected chi connectivity index (χ2v) is 5.12. The minimum atomic E-state index is -0.392. The summed E-state index contributed by atoms with van der Waals surface area (Å²) >= 11 is 0. The number of hydrogen-bond acceptors (Lipinski definition) is 2. The van der Waals surface area contributed by atoms with E-state index in [4.69, 9.17) is 5.73 Å². The van der Waals surface area contributed by atoms with E-state index in [-0.39, 0.29) is 11.8 Å². The van der Waals surface area contributed by atoms with E-state index in [2.05, 4.69) is 0 Å². The van der Waals surface area contributed by atoms with Crippen LogP contribution in [0.3, 0.4) is 0 Å². The molecule has 1 aliphatic heterocycles. The zero-order valence-corrected chi connectivity index (χ0v) is 9.82. The Kier molecular flexibility index (Phi) is 3.17. The first-order valence-corrected chi connectivity index (χ1v) is 6.20. The lowest BCUT2D eigenvalue weighted by Crippen LogP contribution is -2.45. The molecule has 1 saturated carbocycles. The maximum Gasteiger partial charge on any atom is 0.240 e. The molecule has 16 heavy (non-hydrogen) atoms. The molecule has 1 saturated heterocycles. The number of rotatable bonds is 5. The molecule has 1 heterocycles. The van der Waals surface area contributed by atoms with Gasteiger partial charge in [0.15, 0.2) is 0 Å². The molecule has 4 nitrogen and oxygen atoms in total. The summed E-state index contributed by atoms with van der Waals surface area (Å²) in [5.74, 6) is 1.03. The van der Waals surface area contributed by atoms with E-state index in [1.807, 2.05) is 6.92 Å². The van der Waals surface area contributed by atoms with Crippen molar-refractivity contribution in [3.05, 3.63) is 0 Å². The Labute approximate surface area is 96.2 Å². The monoisotopic (exact) mass is 224 g/mol. The molecule has 0 spiro atoms. The number of carbonyl (C=O) groups excluding carboxylic acids is 2. The summed E-state index contributed by atoms with van der Waals surface area (Å²) in [4.78, 5) is 24.7. The molecule has 0 aromatic heterocycles. The van der Waals surface area contributed by atoms with Crippen LogP contribution in [0.5, 0.6) is 0 Å². The minimum Gasteiger partial charge on any atom is -0.368 e. The van der Waals surface area contributed by atoms with Crippen molar-refractivity contribution >= 4 is 11.8 Å². The smallest absolute Gasteiger partial charge is 0.240 e. The minimum absolute atomic E-state index is 0.108. The Morgan fingerprint density at radius 2 is 2.19 bits per heavy atom. The Hall–Kier alpha value is -1.06. The van der Waals surface area contributed by atoms with E-state index in [1.54, 1.807) is 4.90 Å². The number of carbonyl (C=O) groups is 2. The van der Waals surface area contributed by atoms with Gasteiger partial charge in [0, 0.05) is 13.0 Å². The van der Waals surface area contributed by atoms with Crippen molar-refractivity contribution in [2.45, 2.75) is 45.1 Å². The summed E-state index contributed by atoms with van der Waals surface area (Å²) in [6.45, 7) is 2.63. The lowest BCUT2D eigenvalue weighted by molar-refractivity contribution is -0.136. The SMILES string of the molecule is CC[C@H](C(N)=O)N1CC(CC2CC2)CC1=O. The van der Waals surface area contributed by atoms with Crippen LogP contribution in [0.25, 0.3) is 0 Å². The highest BCUT2D eigenvalue weighted by molar-refractivity contribution is 5.87. The second-order valence-electron chi connectivity index (χ2n) is 5.12. The Morgan fingerprint density at radius 1 is 1.50 bits per heavy atom. The Bertz CT molecular complexity index is 299. The van der Waals surface area contributed by atoms with Gasteiger partial charge < -0.3 is 10.6 Å². The summed E-state index contributed by atoms with van der Waals surface area (Å²) in [6.07, 6.45) is 5.02. The fourth-order valence-corrected chi connectivity index (χ4v) is 2.67. The lowest BCUT2D eigenvalue weighted by Gasteiger charge is -2.24. The van der Waals surface area contributed by atoms with Gasteiger partial charge in [-0.15, -0.1) is 0 Å². The van der Waals surface area contributed by atoms with Gasteiger partial charge in [0.2, 0.25) is 11.8 Å². The first kappa shape index (κ1) is 11.4. The van der Waals surface area contributed by atoms with Crippen molar-refractivity contribution in [2.24, 2.45) is 17.6 Å². The molecule has 4 heteroatoms. The average molecular weight is 224 g/mol. The zero-order chi connectivity index (χ0) is 11.7. The Morgan fingerprint density at radius 3 is 2.69 bits per heavy atom. The molecule has 2 aliphatic rings. The van der Waals surface area contributed by atoms with Gasteiger partial charge in [-0.2, -0.15) is 0 Å². The third-order valence-electron chi connectivity index (χ3n) is 3.69. The van der Waals surface area contributed by atoms with Crippen LogP contribution in [0.1, 0.15) is 39.0 Å². The number of nitrogens with zero attached hydrogens (tertiary/aromatic N) is 1. The summed E-state index contributed by atoms with van der Waals surface area (Å²) in [7, 11) is 0. The van der Waals surface area contributed by atoms with Crippen molar-refractivity contribution in [2.75, 3.05) is 6.54 Å². The predicted octanol–water partition coefficient (Wildman–Crippen LogP) is 0.899. The van der Waals surface area contributed by atoms with Gasteiger partial charge in [-0.25, -0.2) is 0 Å². The number of primary amides is 1. The van der Waals surface area contributed by atoms with Crippen LogP contribution in [0.2, 0.25) is 0 Å². The van der Waals surface area contributed by atoms with Gasteiger partial charge in [-0.1, -0.05) is 19.8 Å². The highest BCUT2D eigenvalue weighted by Gasteiger charge is 2.38. The molecule has 0 aromatic carbocycles. The maximum atomic E-state index is 11.8. The molecule has 90 valence electrons. The van der Waals surface area contributed by atoms with Crippen molar-refractivity contribution in [1.29, 1.82) is 0 Å². The van der Waals surface area contributed by atoms with Gasteiger partial charge >= 0.3 is 0 Å². The highest BCUT2D eigenvalue weighted by Crippen LogP contribution is 2.38. The van der Waals surface area contributed by atoms with Gasteiger partial charge in [0.05, 0.1) is 0 Å². The van der Waals surface area contributed by atoms with E-state index in [0.29, 0.717) is 18.8 Å². The largest absolute Gasteiger partial charge is 0.368 e. The van der Waals surface area contributed by atoms with Gasteiger partial charge in [-0.05, 0) is 24.7 Å². The first-order valence-electron chi connectivity index (χ1n) is 6.20. The normalized spacial score (nSPS) is 27.2. The van der Waals surface area contributed by atoms with Crippen LogP contribution in [0.4, 0.5) is 0 Å². The van der Waals surface area contributed by atoms with Crippen molar-refractivity contribution in [3.63, 3.8) is 0 Å². The van der Waals surface area contributed by atoms with Crippen molar-refractivity contribution in [3.8, 4) is 0 Å². The van der Waals surface area contributed by atoms with Gasteiger partial charge in [0.25, 0.3) is 0 Å². The van der Waals surface area contributed by atoms with Crippen LogP contribution >= 0.6 is 0 Å². The molecule has 1 unspecified atom stereocenters. The average Bonchev–Trinajstić information content (AvgIpc) is 2.93. The van der Waals surface area contributed by atoms with Crippen LogP contribution < -0.4 is 5.73 Å². The van der Waals surface area contributed by atoms with E-state index < -0.39 is 6.04 Å². The van der Waals surface area contributed by atoms with E-state index in [9.17, 15) is 9.59 Å². The van der Waals surface area contributed by atoms with Crippen molar-refractivity contribution < 1.29 is 9.59 Å². The van der Waals surface area contributed by atoms with Crippen LogP contribution in [-0.2, 0) is 9.59 Å². The first-order chi connectivity index (χ1) is 7.61. The van der Waals surface area contributed by atoms with Gasteiger partial charge in [-0.3, -0.25) is 9.59 Å². The maximum absolute atomic E-state index is 11.8. The third-order valence-corrected chi connectivity index (χ3v) is 3.69. The molecule has 1 aliphatic carbocycles. The number of nitrogens with two attached hydrogens (primary N) is 1. The van der Waals surface area contributed by atoms with Crippen LogP contribution in [0.15, 0.2) is 0 Å². The predicted molar refractivity (Wildman–Crippen MR) is 60.4 cm³/mol. The second kappa shape index (κ2) is 4.44. The molecular formula is C12H20N2O2. The molecule has 2 rings (SSSR count). The highest BCUT2D eigenvalue weighted by atomic mass is 16.2. The van der Waals surface area contributed by atoms with Gasteiger partial charge in [0.1, 0.15) is 6.04 Å². The molecule has 0 radical (unpaired) electrons. The zero-order valence-electron chi connectivity index (χ0n) is 9.82.